The molecule has 0 fully saturated rings. The van der Waals surface area contributed by atoms with Crippen molar-refractivity contribution >= 4 is 57.2 Å². The van der Waals surface area contributed by atoms with E-state index in [1.165, 1.54) is 48.7 Å². The Balaban J connectivity index is 1.67. The van der Waals surface area contributed by atoms with Crippen LogP contribution < -0.4 is 9.47 Å². The van der Waals surface area contributed by atoms with Gasteiger partial charge in [0.25, 0.3) is 5.01 Å². The van der Waals surface area contributed by atoms with Gasteiger partial charge in [-0.05, 0) is 73.9 Å². The third-order valence-corrected chi connectivity index (χ3v) is 7.73. The summed E-state index contributed by atoms with van der Waals surface area (Å²) in [5.41, 5.74) is 5.71. The fraction of sp³-hybridized carbons (Fsp3) is 0.179. The fourth-order valence-corrected chi connectivity index (χ4v) is 6.58. The van der Waals surface area contributed by atoms with Gasteiger partial charge < -0.3 is 4.90 Å². The van der Waals surface area contributed by atoms with Crippen LogP contribution >= 0.6 is 23.1 Å². The summed E-state index contributed by atoms with van der Waals surface area (Å²) in [5, 5.41) is 11.2. The van der Waals surface area contributed by atoms with Crippen molar-refractivity contribution in [1.82, 2.24) is 0 Å². The summed E-state index contributed by atoms with van der Waals surface area (Å²) in [6, 6.07) is 14.8. The number of hydrogen-bond donors (Lipinski definition) is 0. The summed E-state index contributed by atoms with van der Waals surface area (Å²) in [6.45, 7) is 15.2. The molecule has 1 aromatic heterocycles. The highest BCUT2D eigenvalue weighted by Gasteiger charge is 2.24. The maximum absolute atomic E-state index is 8.81. The molecular formula is C28H25N4S2+. The fourth-order valence-electron chi connectivity index (χ4n) is 4.01. The maximum Gasteiger partial charge on any atom is 0.262 e. The average Bonchev–Trinajstić information content (AvgIpc) is 3.36. The van der Waals surface area contributed by atoms with E-state index in [0.29, 0.717) is 0 Å². The molecule has 0 atom stereocenters. The quantitative estimate of drug-likeness (QED) is 0.208. The molecule has 1 aliphatic heterocycles. The molecular weight excluding hydrogens is 456 g/mol. The molecule has 4 nitrogen and oxygen atoms in total. The summed E-state index contributed by atoms with van der Waals surface area (Å²) < 4.78 is 3.56. The number of nitrogens with zero attached hydrogens (tertiary/aromatic N) is 4. The molecule has 0 spiro atoms. The highest BCUT2D eigenvalue weighted by atomic mass is 32.2. The van der Waals surface area contributed by atoms with E-state index in [1.807, 2.05) is 12.2 Å². The van der Waals surface area contributed by atoms with Gasteiger partial charge >= 0.3 is 0 Å². The molecule has 1 aliphatic rings. The molecule has 2 aromatic carbocycles. The van der Waals surface area contributed by atoms with Crippen molar-refractivity contribution in [3.8, 4) is 6.07 Å². The number of thiazole rings is 1. The first-order valence-electron chi connectivity index (χ1n) is 11.1. The van der Waals surface area contributed by atoms with Crippen LogP contribution in [-0.2, 0) is 6.54 Å². The number of anilines is 1. The second kappa shape index (κ2) is 10.6. The summed E-state index contributed by atoms with van der Waals surface area (Å²) in [5.74, 6) is 0. The van der Waals surface area contributed by atoms with Crippen molar-refractivity contribution in [3.05, 3.63) is 92.9 Å². The lowest BCUT2D eigenvalue weighted by molar-refractivity contribution is -0.665. The highest BCUT2D eigenvalue weighted by Crippen LogP contribution is 2.46. The molecule has 3 aromatic rings. The van der Waals surface area contributed by atoms with Crippen LogP contribution in [0.15, 0.2) is 70.2 Å². The highest BCUT2D eigenvalue weighted by molar-refractivity contribution is 8.03. The van der Waals surface area contributed by atoms with Crippen molar-refractivity contribution in [2.24, 2.45) is 0 Å². The Morgan fingerprint density at radius 2 is 1.97 bits per heavy atom. The first-order chi connectivity index (χ1) is 16.6. The van der Waals surface area contributed by atoms with Gasteiger partial charge in [-0.2, -0.15) is 9.83 Å². The van der Waals surface area contributed by atoms with Crippen LogP contribution in [0.1, 0.15) is 36.9 Å². The molecule has 0 saturated heterocycles. The Hall–Kier alpha value is -3.58. The molecule has 0 bridgehead atoms. The molecule has 168 valence electrons. The largest absolute Gasteiger partial charge is 0.335 e. The number of thioether (sulfide) groups is 1. The van der Waals surface area contributed by atoms with Gasteiger partial charge in [0.2, 0.25) is 5.52 Å². The first-order valence-corrected chi connectivity index (χ1v) is 12.8. The molecule has 0 amide bonds. The number of nitriles is 1. The zero-order valence-corrected chi connectivity index (χ0v) is 21.1. The number of aryl methyl sites for hydroxylation is 1. The number of allylic oxidation sites excluding steroid dienone is 3. The van der Waals surface area contributed by atoms with Crippen LogP contribution in [0.4, 0.5) is 5.69 Å². The minimum Gasteiger partial charge on any atom is -0.335 e. The SMILES string of the molecule is [C-]#[N+]C=Cc1ccc2c(c1)sc(C=C(C)C=C1Sc3cc(C=CC#N)ccc3N1CC)[n+]2CC. The topological polar surface area (TPSA) is 35.3 Å². The van der Waals surface area contributed by atoms with Gasteiger partial charge in [0.15, 0.2) is 6.20 Å². The Labute approximate surface area is 209 Å². The van der Waals surface area contributed by atoms with Crippen LogP contribution in [0.25, 0.3) is 33.3 Å². The van der Waals surface area contributed by atoms with Gasteiger partial charge in [0.05, 0.1) is 23.4 Å². The number of benzene rings is 2. The third-order valence-electron chi connectivity index (χ3n) is 5.54. The molecule has 2 heterocycles. The van der Waals surface area contributed by atoms with Crippen LogP contribution in [-0.4, -0.2) is 6.54 Å². The second-order valence-electron chi connectivity index (χ2n) is 7.76. The van der Waals surface area contributed by atoms with Crippen molar-refractivity contribution in [3.63, 3.8) is 0 Å². The summed E-state index contributed by atoms with van der Waals surface area (Å²) >= 11 is 3.55. The predicted octanol–water partition coefficient (Wildman–Crippen LogP) is 7.51. The van der Waals surface area contributed by atoms with Gasteiger partial charge in [-0.15, -0.1) is 0 Å². The van der Waals surface area contributed by atoms with E-state index in [9.17, 15) is 0 Å². The van der Waals surface area contributed by atoms with Gasteiger partial charge in [-0.1, -0.05) is 35.2 Å². The van der Waals surface area contributed by atoms with E-state index < -0.39 is 0 Å². The first kappa shape index (κ1) is 23.6. The van der Waals surface area contributed by atoms with Crippen LogP contribution in [0, 0.1) is 17.9 Å². The van der Waals surface area contributed by atoms with E-state index in [-0.39, 0.29) is 0 Å². The zero-order chi connectivity index (χ0) is 24.1. The maximum atomic E-state index is 8.81. The molecule has 0 N–H and O–H groups in total. The lowest BCUT2D eigenvalue weighted by atomic mass is 10.2. The van der Waals surface area contributed by atoms with E-state index >= 15 is 0 Å². The molecule has 0 radical (unpaired) electrons. The normalized spacial score (nSPS) is 14.9. The van der Waals surface area contributed by atoms with Crippen molar-refractivity contribution < 1.29 is 4.57 Å². The molecule has 6 heteroatoms. The molecule has 0 aliphatic carbocycles. The predicted molar refractivity (Wildman–Crippen MR) is 145 cm³/mol. The van der Waals surface area contributed by atoms with Crippen LogP contribution in [0.3, 0.4) is 0 Å². The van der Waals surface area contributed by atoms with E-state index in [4.69, 9.17) is 11.8 Å². The second-order valence-corrected chi connectivity index (χ2v) is 9.89. The van der Waals surface area contributed by atoms with Gasteiger partial charge in [-0.25, -0.2) is 4.85 Å². The smallest absolute Gasteiger partial charge is 0.262 e. The standard InChI is InChI=1S/C28H25N4S2/c1-5-31-23-11-9-21(8-7-14-29)18-25(23)33-27(31)16-20(3)17-28-32(6-2)24-12-10-22(13-15-30-4)19-26(24)34-28/h7-13,15-19H,5-6H2,1-3H3/q+1. The van der Waals surface area contributed by atoms with E-state index in [0.717, 1.165) is 24.2 Å². The van der Waals surface area contributed by atoms with E-state index in [2.05, 4.69) is 89.7 Å². The minimum absolute atomic E-state index is 0.894. The zero-order valence-electron chi connectivity index (χ0n) is 19.4. The summed E-state index contributed by atoms with van der Waals surface area (Å²) in [4.78, 5) is 6.87. The van der Waals surface area contributed by atoms with Gasteiger partial charge in [-0.3, -0.25) is 0 Å². The van der Waals surface area contributed by atoms with Crippen molar-refractivity contribution in [2.45, 2.75) is 32.2 Å². The molecule has 0 saturated carbocycles. The lowest BCUT2D eigenvalue weighted by Gasteiger charge is -2.18. The Bertz CT molecular complexity index is 1440. The van der Waals surface area contributed by atoms with Gasteiger partial charge in [0.1, 0.15) is 11.2 Å². The third kappa shape index (κ3) is 4.84. The number of fused-ring (bicyclic) bond motifs is 2. The van der Waals surface area contributed by atoms with Crippen LogP contribution in [0.2, 0.25) is 0 Å². The van der Waals surface area contributed by atoms with Crippen molar-refractivity contribution in [1.29, 1.82) is 5.26 Å². The minimum atomic E-state index is 0.894. The summed E-state index contributed by atoms with van der Waals surface area (Å²) in [6.07, 6.45) is 11.2. The van der Waals surface area contributed by atoms with E-state index in [1.54, 1.807) is 23.1 Å². The summed E-state index contributed by atoms with van der Waals surface area (Å²) in [7, 11) is 0. The van der Waals surface area contributed by atoms with Crippen LogP contribution in [0.5, 0.6) is 0 Å². The van der Waals surface area contributed by atoms with Gasteiger partial charge in [0, 0.05) is 29.7 Å². The Kier molecular flexibility index (Phi) is 7.33. The average molecular weight is 482 g/mol. The number of rotatable bonds is 6. The Morgan fingerprint density at radius 3 is 2.71 bits per heavy atom. The molecule has 4 rings (SSSR count). The monoisotopic (exact) mass is 481 g/mol. The number of hydrogen-bond acceptors (Lipinski definition) is 4. The van der Waals surface area contributed by atoms with Crippen molar-refractivity contribution in [2.75, 3.05) is 11.4 Å². The Morgan fingerprint density at radius 1 is 1.18 bits per heavy atom. The lowest BCUT2D eigenvalue weighted by Crippen LogP contribution is -2.33. The number of aromatic nitrogens is 1. The molecule has 0 unspecified atom stereocenters. The molecule has 34 heavy (non-hydrogen) atoms.